The molecule has 0 saturated carbocycles. The summed E-state index contributed by atoms with van der Waals surface area (Å²) in [5.74, 6) is 0.147. The zero-order chi connectivity index (χ0) is 12.3. The summed E-state index contributed by atoms with van der Waals surface area (Å²) < 4.78 is 36.6. The van der Waals surface area contributed by atoms with Crippen LogP contribution in [0.1, 0.15) is 6.42 Å². The number of fused-ring (bicyclic) bond motifs is 1. The van der Waals surface area contributed by atoms with Crippen LogP contribution in [0.25, 0.3) is 11.1 Å². The summed E-state index contributed by atoms with van der Waals surface area (Å²) in [6, 6.07) is 7.37. The number of oxazole rings is 1. The third-order valence-electron chi connectivity index (χ3n) is 2.04. The number of aromatic nitrogens is 1. The number of thioether (sulfide) groups is 1. The van der Waals surface area contributed by atoms with Crippen molar-refractivity contribution in [2.45, 2.75) is 11.6 Å². The molecule has 0 aliphatic carbocycles. The van der Waals surface area contributed by atoms with Crippen LogP contribution in [0.4, 0.5) is 0 Å². The molecule has 0 saturated heterocycles. The van der Waals surface area contributed by atoms with Gasteiger partial charge in [0.2, 0.25) is 0 Å². The van der Waals surface area contributed by atoms with Crippen LogP contribution in [0.5, 0.6) is 0 Å². The summed E-state index contributed by atoms with van der Waals surface area (Å²) >= 11 is 1.31. The first kappa shape index (κ1) is 16.6. The quantitative estimate of drug-likeness (QED) is 0.300. The van der Waals surface area contributed by atoms with Gasteiger partial charge in [0.1, 0.15) is 5.52 Å². The van der Waals surface area contributed by atoms with Crippen molar-refractivity contribution in [2.24, 2.45) is 0 Å². The second-order valence-electron chi connectivity index (χ2n) is 3.41. The first-order chi connectivity index (χ1) is 8.04. The van der Waals surface area contributed by atoms with Crippen molar-refractivity contribution in [1.82, 2.24) is 4.98 Å². The van der Waals surface area contributed by atoms with Gasteiger partial charge in [0.05, 0.1) is 10.1 Å². The van der Waals surface area contributed by atoms with E-state index in [0.717, 1.165) is 5.52 Å². The fraction of sp³-hybridized carbons (Fsp3) is 0.300. The van der Waals surface area contributed by atoms with E-state index in [1.807, 2.05) is 24.3 Å². The summed E-state index contributed by atoms with van der Waals surface area (Å²) in [5, 5.41) is 0.495. The molecule has 2 aromatic rings. The van der Waals surface area contributed by atoms with Crippen molar-refractivity contribution >= 4 is 33.0 Å². The molecule has 92 valence electrons. The predicted molar refractivity (Wildman–Crippen MR) is 63.9 cm³/mol. The molecule has 0 N–H and O–H groups in total. The number of benzene rings is 1. The molecule has 1 aromatic carbocycles. The maximum atomic E-state index is 10.4. The van der Waals surface area contributed by atoms with Crippen molar-refractivity contribution in [2.75, 3.05) is 11.5 Å². The molecule has 2 rings (SSSR count). The van der Waals surface area contributed by atoms with E-state index in [-0.39, 0.29) is 57.1 Å². The Kier molecular flexibility index (Phi) is 6.83. The van der Waals surface area contributed by atoms with Crippen molar-refractivity contribution in [3.8, 4) is 0 Å². The van der Waals surface area contributed by atoms with Crippen LogP contribution < -0.4 is 51.4 Å². The molecule has 0 spiro atoms. The predicted octanol–water partition coefficient (Wildman–Crippen LogP) is -1.14. The van der Waals surface area contributed by atoms with Crippen LogP contribution >= 0.6 is 11.8 Å². The van der Waals surface area contributed by atoms with Gasteiger partial charge in [-0.15, -0.1) is 0 Å². The SMILES string of the molecule is O=S(=O)([O-])CCCSc1nc2ccccc2o1.[K+]. The molecule has 8 heteroatoms. The zero-order valence-corrected chi connectivity index (χ0v) is 14.6. The van der Waals surface area contributed by atoms with E-state index in [1.165, 1.54) is 11.8 Å². The molecule has 0 radical (unpaired) electrons. The minimum absolute atomic E-state index is 0. The van der Waals surface area contributed by atoms with Crippen molar-refractivity contribution in [1.29, 1.82) is 0 Å². The molecular formula is C10H10KNO4S2. The minimum atomic E-state index is -4.12. The second-order valence-corrected chi connectivity index (χ2v) is 5.98. The number of para-hydroxylation sites is 2. The molecule has 0 aliphatic heterocycles. The number of hydrogen-bond acceptors (Lipinski definition) is 6. The van der Waals surface area contributed by atoms with Gasteiger partial charge in [-0.2, -0.15) is 0 Å². The molecule has 0 bridgehead atoms. The van der Waals surface area contributed by atoms with E-state index in [0.29, 0.717) is 23.0 Å². The van der Waals surface area contributed by atoms with Crippen LogP contribution in [-0.4, -0.2) is 29.5 Å². The number of rotatable bonds is 5. The van der Waals surface area contributed by atoms with Crippen LogP contribution in [0.3, 0.4) is 0 Å². The molecule has 1 heterocycles. The Labute approximate surface area is 152 Å². The third kappa shape index (κ3) is 5.29. The van der Waals surface area contributed by atoms with Gasteiger partial charge >= 0.3 is 51.4 Å². The Morgan fingerprint density at radius 2 is 2.06 bits per heavy atom. The minimum Gasteiger partial charge on any atom is -0.748 e. The standard InChI is InChI=1S/C10H11NO4S2.K/c12-17(13,14)7-3-6-16-10-11-8-4-1-2-5-9(8)15-10;/h1-2,4-5H,3,6-7H2,(H,12,13,14);/q;+1/p-1. The Hall–Kier alpha value is 0.586. The molecule has 0 fully saturated rings. The largest absolute Gasteiger partial charge is 1.00 e. The summed E-state index contributed by atoms with van der Waals surface area (Å²) in [5.41, 5.74) is 1.47. The van der Waals surface area contributed by atoms with Gasteiger partial charge in [0.15, 0.2) is 5.58 Å². The molecule has 0 unspecified atom stereocenters. The molecule has 0 amide bonds. The van der Waals surface area contributed by atoms with Crippen LogP contribution in [0, 0.1) is 0 Å². The Morgan fingerprint density at radius 3 is 2.72 bits per heavy atom. The van der Waals surface area contributed by atoms with Gasteiger partial charge in [0, 0.05) is 11.5 Å². The molecule has 5 nitrogen and oxygen atoms in total. The van der Waals surface area contributed by atoms with Crippen molar-refractivity contribution < 1.29 is 68.8 Å². The molecule has 18 heavy (non-hydrogen) atoms. The third-order valence-corrected chi connectivity index (χ3v) is 3.74. The van der Waals surface area contributed by atoms with Gasteiger partial charge in [-0.25, -0.2) is 13.4 Å². The zero-order valence-electron chi connectivity index (χ0n) is 9.83. The van der Waals surface area contributed by atoms with Crippen molar-refractivity contribution in [3.05, 3.63) is 24.3 Å². The average Bonchev–Trinajstić information content (AvgIpc) is 2.65. The van der Waals surface area contributed by atoms with Gasteiger partial charge in [-0.3, -0.25) is 0 Å². The number of nitrogens with zero attached hydrogens (tertiary/aromatic N) is 1. The van der Waals surface area contributed by atoms with E-state index in [9.17, 15) is 13.0 Å². The first-order valence-electron chi connectivity index (χ1n) is 4.96. The van der Waals surface area contributed by atoms with Gasteiger partial charge in [-0.1, -0.05) is 23.9 Å². The maximum Gasteiger partial charge on any atom is 1.00 e. The summed E-state index contributed by atoms with van der Waals surface area (Å²) in [4.78, 5) is 4.22. The van der Waals surface area contributed by atoms with E-state index in [1.54, 1.807) is 0 Å². The van der Waals surface area contributed by atoms with E-state index in [2.05, 4.69) is 4.98 Å². The molecule has 1 aromatic heterocycles. The van der Waals surface area contributed by atoms with Gasteiger partial charge < -0.3 is 8.97 Å². The topological polar surface area (TPSA) is 83.2 Å². The summed E-state index contributed by atoms with van der Waals surface area (Å²) in [7, 11) is -4.12. The monoisotopic (exact) mass is 311 g/mol. The maximum absolute atomic E-state index is 10.4. The van der Waals surface area contributed by atoms with E-state index in [4.69, 9.17) is 4.42 Å². The Bertz CT molecular complexity index is 578. The molecule has 0 atom stereocenters. The van der Waals surface area contributed by atoms with Crippen LogP contribution in [0.15, 0.2) is 33.9 Å². The number of hydrogen-bond donors (Lipinski definition) is 0. The fourth-order valence-corrected chi connectivity index (χ4v) is 2.76. The van der Waals surface area contributed by atoms with Gasteiger partial charge in [-0.05, 0) is 18.6 Å². The normalized spacial score (nSPS) is 11.4. The van der Waals surface area contributed by atoms with E-state index >= 15 is 0 Å². The molecule has 0 aliphatic rings. The summed E-state index contributed by atoms with van der Waals surface area (Å²) in [6.07, 6.45) is 0.301. The Balaban J connectivity index is 0.00000162. The summed E-state index contributed by atoms with van der Waals surface area (Å²) in [6.45, 7) is 0. The van der Waals surface area contributed by atoms with Crippen molar-refractivity contribution in [3.63, 3.8) is 0 Å². The fourth-order valence-electron chi connectivity index (χ4n) is 1.31. The molecular weight excluding hydrogens is 301 g/mol. The van der Waals surface area contributed by atoms with Gasteiger partial charge in [0.25, 0.3) is 5.22 Å². The van der Waals surface area contributed by atoms with Crippen LogP contribution in [-0.2, 0) is 10.1 Å². The van der Waals surface area contributed by atoms with E-state index < -0.39 is 10.1 Å². The van der Waals surface area contributed by atoms with Crippen LogP contribution in [0.2, 0.25) is 0 Å². The smallest absolute Gasteiger partial charge is 0.748 e. The average molecular weight is 311 g/mol. The second kappa shape index (κ2) is 7.39. The first-order valence-corrected chi connectivity index (χ1v) is 7.53. The Morgan fingerprint density at radius 1 is 1.33 bits per heavy atom.